The molecule has 5 heteroatoms. The Morgan fingerprint density at radius 3 is 2.36 bits per heavy atom. The lowest BCUT2D eigenvalue weighted by atomic mass is 10.0. The lowest BCUT2D eigenvalue weighted by Crippen LogP contribution is -2.13. The Kier molecular flexibility index (Phi) is 4.72. The summed E-state index contributed by atoms with van der Waals surface area (Å²) >= 11 is 0. The standard InChI is InChI=1S/C23H18FN3O/c1-16-21(15-25-27(16)19-13-11-18(24)12-14-19)23(28)26-22-10-6-5-9-20(22)17-7-3-2-4-8-17/h2-15H,1H3,(H,26,28). The lowest BCUT2D eigenvalue weighted by Gasteiger charge is -2.11. The Labute approximate surface area is 162 Å². The second-order valence-electron chi connectivity index (χ2n) is 6.40. The van der Waals surface area contributed by atoms with Crippen LogP contribution in [0.4, 0.5) is 10.1 Å². The van der Waals surface area contributed by atoms with Crippen LogP contribution in [0.3, 0.4) is 0 Å². The van der Waals surface area contributed by atoms with E-state index in [2.05, 4.69) is 10.4 Å². The van der Waals surface area contributed by atoms with E-state index < -0.39 is 0 Å². The first-order chi connectivity index (χ1) is 13.6. The summed E-state index contributed by atoms with van der Waals surface area (Å²) in [7, 11) is 0. The normalized spacial score (nSPS) is 10.6. The summed E-state index contributed by atoms with van der Waals surface area (Å²) in [5, 5.41) is 7.28. The van der Waals surface area contributed by atoms with Crippen LogP contribution in [0.15, 0.2) is 85.1 Å². The molecule has 4 rings (SSSR count). The second kappa shape index (κ2) is 7.48. The average molecular weight is 371 g/mol. The SMILES string of the molecule is Cc1c(C(=O)Nc2ccccc2-c2ccccc2)cnn1-c1ccc(F)cc1. The molecule has 4 aromatic rings. The smallest absolute Gasteiger partial charge is 0.259 e. The highest BCUT2D eigenvalue weighted by molar-refractivity contribution is 6.06. The van der Waals surface area contributed by atoms with E-state index in [0.29, 0.717) is 16.9 Å². The van der Waals surface area contributed by atoms with Gasteiger partial charge in [0.05, 0.1) is 23.1 Å². The topological polar surface area (TPSA) is 46.9 Å². The van der Waals surface area contributed by atoms with Crippen molar-refractivity contribution in [3.05, 3.63) is 102 Å². The largest absolute Gasteiger partial charge is 0.321 e. The molecule has 4 nitrogen and oxygen atoms in total. The van der Waals surface area contributed by atoms with Crippen molar-refractivity contribution >= 4 is 11.6 Å². The van der Waals surface area contributed by atoms with Gasteiger partial charge in [-0.2, -0.15) is 5.10 Å². The molecule has 0 fully saturated rings. The summed E-state index contributed by atoms with van der Waals surface area (Å²) in [6.45, 7) is 1.81. The van der Waals surface area contributed by atoms with Gasteiger partial charge < -0.3 is 5.32 Å². The minimum atomic E-state index is -0.316. The van der Waals surface area contributed by atoms with Crippen LogP contribution < -0.4 is 5.32 Å². The number of nitrogens with zero attached hydrogens (tertiary/aromatic N) is 2. The van der Waals surface area contributed by atoms with Crippen LogP contribution in [0.5, 0.6) is 0 Å². The Morgan fingerprint density at radius 1 is 0.929 bits per heavy atom. The van der Waals surface area contributed by atoms with Gasteiger partial charge in [-0.3, -0.25) is 4.79 Å². The van der Waals surface area contributed by atoms with E-state index in [4.69, 9.17) is 0 Å². The van der Waals surface area contributed by atoms with Crippen molar-refractivity contribution in [2.45, 2.75) is 6.92 Å². The molecule has 0 saturated carbocycles. The van der Waals surface area contributed by atoms with Crippen LogP contribution in [-0.2, 0) is 0 Å². The zero-order valence-electron chi connectivity index (χ0n) is 15.3. The lowest BCUT2D eigenvalue weighted by molar-refractivity contribution is 0.102. The molecule has 1 N–H and O–H groups in total. The number of nitrogens with one attached hydrogen (secondary N) is 1. The molecule has 0 spiro atoms. The average Bonchev–Trinajstić information content (AvgIpc) is 3.11. The van der Waals surface area contributed by atoms with E-state index in [1.807, 2.05) is 61.5 Å². The summed E-state index contributed by atoms with van der Waals surface area (Å²) < 4.78 is 14.8. The van der Waals surface area contributed by atoms with E-state index in [9.17, 15) is 9.18 Å². The number of rotatable bonds is 4. The fourth-order valence-corrected chi connectivity index (χ4v) is 3.13. The Hall–Kier alpha value is -3.73. The van der Waals surface area contributed by atoms with Crippen molar-refractivity contribution < 1.29 is 9.18 Å². The molecular formula is C23H18FN3O. The predicted octanol–water partition coefficient (Wildman–Crippen LogP) is 5.24. The molecule has 138 valence electrons. The molecule has 0 aliphatic rings. The zero-order valence-corrected chi connectivity index (χ0v) is 15.3. The van der Waals surface area contributed by atoms with Gasteiger partial charge in [0.2, 0.25) is 0 Å². The molecule has 3 aromatic carbocycles. The monoisotopic (exact) mass is 371 g/mol. The summed E-state index contributed by atoms with van der Waals surface area (Å²) in [5.74, 6) is -0.557. The molecule has 1 amide bonds. The van der Waals surface area contributed by atoms with Crippen molar-refractivity contribution in [3.63, 3.8) is 0 Å². The number of para-hydroxylation sites is 1. The van der Waals surface area contributed by atoms with Gasteiger partial charge in [-0.15, -0.1) is 0 Å². The van der Waals surface area contributed by atoms with Crippen molar-refractivity contribution in [1.82, 2.24) is 9.78 Å². The van der Waals surface area contributed by atoms with Gasteiger partial charge in [0.1, 0.15) is 5.82 Å². The quantitative estimate of drug-likeness (QED) is 0.533. The molecule has 0 aliphatic heterocycles. The molecule has 1 aromatic heterocycles. The number of carbonyl (C=O) groups excluding carboxylic acids is 1. The maximum atomic E-state index is 13.2. The van der Waals surface area contributed by atoms with Gasteiger partial charge in [-0.1, -0.05) is 48.5 Å². The third-order valence-electron chi connectivity index (χ3n) is 4.59. The third kappa shape index (κ3) is 3.42. The molecular weight excluding hydrogens is 353 g/mol. The number of anilines is 1. The molecule has 0 atom stereocenters. The molecule has 0 unspecified atom stereocenters. The molecule has 28 heavy (non-hydrogen) atoms. The fraction of sp³-hybridized carbons (Fsp3) is 0.0435. The van der Waals surface area contributed by atoms with Crippen LogP contribution in [0.1, 0.15) is 16.1 Å². The molecule has 0 aliphatic carbocycles. The Bertz CT molecular complexity index is 1120. The highest BCUT2D eigenvalue weighted by Crippen LogP contribution is 2.28. The zero-order chi connectivity index (χ0) is 19.5. The highest BCUT2D eigenvalue weighted by Gasteiger charge is 2.17. The number of amides is 1. The van der Waals surface area contributed by atoms with Gasteiger partial charge >= 0.3 is 0 Å². The van der Waals surface area contributed by atoms with Crippen molar-refractivity contribution in [2.24, 2.45) is 0 Å². The summed E-state index contributed by atoms with van der Waals surface area (Å²) in [6, 6.07) is 23.5. The maximum Gasteiger partial charge on any atom is 0.259 e. The van der Waals surface area contributed by atoms with Crippen molar-refractivity contribution in [1.29, 1.82) is 0 Å². The molecule has 1 heterocycles. The van der Waals surface area contributed by atoms with Crippen LogP contribution in [-0.4, -0.2) is 15.7 Å². The van der Waals surface area contributed by atoms with E-state index in [-0.39, 0.29) is 11.7 Å². The molecule has 0 saturated heterocycles. The number of carbonyl (C=O) groups is 1. The van der Waals surface area contributed by atoms with Gasteiger partial charge in [0.25, 0.3) is 5.91 Å². The maximum absolute atomic E-state index is 13.2. The first-order valence-corrected chi connectivity index (χ1v) is 8.90. The van der Waals surface area contributed by atoms with Crippen LogP contribution in [0.25, 0.3) is 16.8 Å². The third-order valence-corrected chi connectivity index (χ3v) is 4.59. The molecule has 0 bridgehead atoms. The first kappa shape index (κ1) is 17.7. The number of hydrogen-bond acceptors (Lipinski definition) is 2. The van der Waals surface area contributed by atoms with Gasteiger partial charge in [-0.25, -0.2) is 9.07 Å². The van der Waals surface area contributed by atoms with Crippen LogP contribution in [0.2, 0.25) is 0 Å². The number of aromatic nitrogens is 2. The first-order valence-electron chi connectivity index (χ1n) is 8.90. The van der Waals surface area contributed by atoms with Crippen molar-refractivity contribution in [3.8, 4) is 16.8 Å². The van der Waals surface area contributed by atoms with Gasteiger partial charge in [-0.05, 0) is 42.8 Å². The summed E-state index contributed by atoms with van der Waals surface area (Å²) in [4.78, 5) is 12.9. The summed E-state index contributed by atoms with van der Waals surface area (Å²) in [5.41, 5.74) is 4.54. The number of benzene rings is 3. The van der Waals surface area contributed by atoms with E-state index in [1.165, 1.54) is 18.3 Å². The van der Waals surface area contributed by atoms with E-state index in [0.717, 1.165) is 16.8 Å². The van der Waals surface area contributed by atoms with E-state index in [1.54, 1.807) is 16.8 Å². The van der Waals surface area contributed by atoms with Crippen molar-refractivity contribution in [2.75, 3.05) is 5.32 Å². The van der Waals surface area contributed by atoms with E-state index >= 15 is 0 Å². The van der Waals surface area contributed by atoms with Crippen LogP contribution >= 0.6 is 0 Å². The second-order valence-corrected chi connectivity index (χ2v) is 6.40. The Balaban J connectivity index is 1.63. The van der Waals surface area contributed by atoms with Gasteiger partial charge in [0.15, 0.2) is 0 Å². The minimum absolute atomic E-state index is 0.241. The number of hydrogen-bond donors (Lipinski definition) is 1. The predicted molar refractivity (Wildman–Crippen MR) is 108 cm³/mol. The molecule has 0 radical (unpaired) electrons. The summed E-state index contributed by atoms with van der Waals surface area (Å²) in [6.07, 6.45) is 1.53. The Morgan fingerprint density at radius 2 is 1.61 bits per heavy atom. The highest BCUT2D eigenvalue weighted by atomic mass is 19.1. The van der Waals surface area contributed by atoms with Gasteiger partial charge in [0, 0.05) is 11.3 Å². The fourth-order valence-electron chi connectivity index (χ4n) is 3.13. The number of halogens is 1. The van der Waals surface area contributed by atoms with Crippen LogP contribution in [0, 0.1) is 12.7 Å². The minimum Gasteiger partial charge on any atom is -0.321 e.